The molecule has 0 N–H and O–H groups in total. The van der Waals surface area contributed by atoms with Crippen molar-refractivity contribution in [2.75, 3.05) is 11.4 Å². The second-order valence-corrected chi connectivity index (χ2v) is 8.65. The van der Waals surface area contributed by atoms with Gasteiger partial charge in [-0.2, -0.15) is 5.26 Å². The molecule has 0 radical (unpaired) electrons. The standard InChI is InChI=1S/C26H21ClN4O/c1-30-23-12-9-21(15-28)29-26(23)24(14-25(30)32)31(16-17-5-6-17)22-10-7-18(8-11-22)19-3-2-4-20(27)13-19/h2-4,7-14,17H,5-6,16H2,1H3. The third kappa shape index (κ3) is 3.86. The Hall–Kier alpha value is -3.62. The Labute approximate surface area is 191 Å². The first-order valence-electron chi connectivity index (χ1n) is 10.6. The van der Waals surface area contributed by atoms with E-state index in [-0.39, 0.29) is 5.56 Å². The van der Waals surface area contributed by atoms with Crippen molar-refractivity contribution in [1.82, 2.24) is 9.55 Å². The van der Waals surface area contributed by atoms with E-state index in [0.717, 1.165) is 29.0 Å². The Bertz CT molecular complexity index is 1410. The van der Waals surface area contributed by atoms with Crippen LogP contribution in [0, 0.1) is 17.2 Å². The van der Waals surface area contributed by atoms with Crippen LogP contribution in [-0.2, 0) is 7.05 Å². The van der Waals surface area contributed by atoms with Crippen molar-refractivity contribution in [3.05, 3.63) is 87.8 Å². The highest BCUT2D eigenvalue weighted by atomic mass is 35.5. The normalized spacial score (nSPS) is 13.2. The van der Waals surface area contributed by atoms with E-state index >= 15 is 0 Å². The molecule has 6 heteroatoms. The molecule has 1 fully saturated rings. The topological polar surface area (TPSA) is 61.9 Å². The van der Waals surface area contributed by atoms with E-state index in [0.29, 0.717) is 27.7 Å². The predicted octanol–water partition coefficient (Wildman–Crippen LogP) is 5.67. The molecule has 2 aromatic carbocycles. The van der Waals surface area contributed by atoms with Crippen molar-refractivity contribution in [2.24, 2.45) is 13.0 Å². The number of halogens is 1. The van der Waals surface area contributed by atoms with Gasteiger partial charge in [0, 0.05) is 30.4 Å². The summed E-state index contributed by atoms with van der Waals surface area (Å²) in [7, 11) is 1.73. The van der Waals surface area contributed by atoms with Crippen LogP contribution in [0.1, 0.15) is 18.5 Å². The van der Waals surface area contributed by atoms with Gasteiger partial charge >= 0.3 is 0 Å². The zero-order chi connectivity index (χ0) is 22.2. The van der Waals surface area contributed by atoms with Crippen LogP contribution in [0.15, 0.2) is 71.5 Å². The molecule has 1 aliphatic rings. The summed E-state index contributed by atoms with van der Waals surface area (Å²) in [4.78, 5) is 19.5. The molecule has 158 valence electrons. The summed E-state index contributed by atoms with van der Waals surface area (Å²) in [5.41, 5.74) is 5.45. The molecule has 0 spiro atoms. The van der Waals surface area contributed by atoms with E-state index in [9.17, 15) is 10.1 Å². The van der Waals surface area contributed by atoms with Gasteiger partial charge in [-0.05, 0) is 66.3 Å². The Morgan fingerprint density at radius 1 is 1.09 bits per heavy atom. The molecule has 0 unspecified atom stereocenters. The second-order valence-electron chi connectivity index (χ2n) is 8.21. The van der Waals surface area contributed by atoms with Crippen molar-refractivity contribution >= 4 is 34.0 Å². The summed E-state index contributed by atoms with van der Waals surface area (Å²) in [5, 5.41) is 10.1. The Balaban J connectivity index is 1.63. The van der Waals surface area contributed by atoms with Crippen molar-refractivity contribution < 1.29 is 0 Å². The maximum atomic E-state index is 12.7. The Kier molecular flexibility index (Phi) is 5.16. The van der Waals surface area contributed by atoms with E-state index in [1.165, 1.54) is 12.8 Å². The lowest BCUT2D eigenvalue weighted by atomic mass is 10.0. The van der Waals surface area contributed by atoms with Gasteiger partial charge in [0.2, 0.25) is 0 Å². The zero-order valence-electron chi connectivity index (χ0n) is 17.6. The largest absolute Gasteiger partial charge is 0.339 e. The highest BCUT2D eigenvalue weighted by molar-refractivity contribution is 6.30. The lowest BCUT2D eigenvalue weighted by Gasteiger charge is -2.26. The van der Waals surface area contributed by atoms with Crippen molar-refractivity contribution in [1.29, 1.82) is 5.26 Å². The number of aromatic nitrogens is 2. The number of pyridine rings is 2. The van der Waals surface area contributed by atoms with Crippen LogP contribution in [0.4, 0.5) is 11.4 Å². The molecule has 2 heterocycles. The monoisotopic (exact) mass is 440 g/mol. The minimum absolute atomic E-state index is 0.102. The lowest BCUT2D eigenvalue weighted by Crippen LogP contribution is -2.25. The number of rotatable bonds is 5. The summed E-state index contributed by atoms with van der Waals surface area (Å²) in [6.07, 6.45) is 2.35. The molecule has 32 heavy (non-hydrogen) atoms. The van der Waals surface area contributed by atoms with Gasteiger partial charge in [0.15, 0.2) is 0 Å². The van der Waals surface area contributed by atoms with Crippen LogP contribution >= 0.6 is 11.6 Å². The van der Waals surface area contributed by atoms with E-state index in [1.54, 1.807) is 29.8 Å². The Morgan fingerprint density at radius 3 is 2.56 bits per heavy atom. The Morgan fingerprint density at radius 2 is 1.88 bits per heavy atom. The van der Waals surface area contributed by atoms with Gasteiger partial charge < -0.3 is 9.47 Å². The highest BCUT2D eigenvalue weighted by Gasteiger charge is 2.27. The first-order chi connectivity index (χ1) is 15.5. The summed E-state index contributed by atoms with van der Waals surface area (Å²) >= 11 is 6.16. The summed E-state index contributed by atoms with van der Waals surface area (Å²) in [6, 6.07) is 23.2. The quantitative estimate of drug-likeness (QED) is 0.401. The molecule has 0 bridgehead atoms. The number of aryl methyl sites for hydroxylation is 1. The molecule has 5 nitrogen and oxygen atoms in total. The zero-order valence-corrected chi connectivity index (χ0v) is 18.4. The number of fused-ring (bicyclic) bond motifs is 1. The van der Waals surface area contributed by atoms with Gasteiger partial charge in [-0.15, -0.1) is 0 Å². The number of hydrogen-bond donors (Lipinski definition) is 0. The minimum Gasteiger partial charge on any atom is -0.339 e. The maximum Gasteiger partial charge on any atom is 0.252 e. The van der Waals surface area contributed by atoms with Gasteiger partial charge in [0.05, 0.1) is 11.2 Å². The third-order valence-corrected chi connectivity index (χ3v) is 6.18. The van der Waals surface area contributed by atoms with E-state index in [4.69, 9.17) is 11.6 Å². The van der Waals surface area contributed by atoms with E-state index in [2.05, 4.69) is 40.2 Å². The van der Waals surface area contributed by atoms with E-state index in [1.807, 2.05) is 24.3 Å². The predicted molar refractivity (Wildman–Crippen MR) is 128 cm³/mol. The number of nitriles is 1. The molecule has 1 saturated carbocycles. The molecule has 0 amide bonds. The van der Waals surface area contributed by atoms with Crippen LogP contribution < -0.4 is 10.5 Å². The fraction of sp³-hybridized carbons (Fsp3) is 0.192. The smallest absolute Gasteiger partial charge is 0.252 e. The summed E-state index contributed by atoms with van der Waals surface area (Å²) in [6.45, 7) is 0.803. The van der Waals surface area contributed by atoms with Crippen molar-refractivity contribution in [2.45, 2.75) is 12.8 Å². The fourth-order valence-corrected chi connectivity index (χ4v) is 4.17. The van der Waals surface area contributed by atoms with Crippen molar-refractivity contribution in [3.63, 3.8) is 0 Å². The van der Waals surface area contributed by atoms with Gasteiger partial charge in [-0.25, -0.2) is 4.98 Å². The minimum atomic E-state index is -0.102. The van der Waals surface area contributed by atoms with Gasteiger partial charge in [0.1, 0.15) is 17.3 Å². The molecule has 5 rings (SSSR count). The molecular weight excluding hydrogens is 420 g/mol. The average Bonchev–Trinajstić information content (AvgIpc) is 3.64. The molecule has 4 aromatic rings. The first-order valence-corrected chi connectivity index (χ1v) is 11.0. The first kappa shape index (κ1) is 20.3. The number of hydrogen-bond acceptors (Lipinski definition) is 4. The number of nitrogens with zero attached hydrogens (tertiary/aromatic N) is 4. The number of benzene rings is 2. The highest BCUT2D eigenvalue weighted by Crippen LogP contribution is 2.37. The van der Waals surface area contributed by atoms with Gasteiger partial charge in [-0.3, -0.25) is 4.79 Å². The molecule has 2 aromatic heterocycles. The summed E-state index contributed by atoms with van der Waals surface area (Å²) < 4.78 is 1.57. The molecular formula is C26H21ClN4O. The van der Waals surface area contributed by atoms with Crippen molar-refractivity contribution in [3.8, 4) is 17.2 Å². The number of anilines is 2. The average molecular weight is 441 g/mol. The summed E-state index contributed by atoms with van der Waals surface area (Å²) in [5.74, 6) is 0.584. The van der Waals surface area contributed by atoms with Crippen LogP contribution in [0.2, 0.25) is 5.02 Å². The SMILES string of the molecule is Cn1c(=O)cc(N(CC2CC2)c2ccc(-c3cccc(Cl)c3)cc2)c2nc(C#N)ccc21. The van der Waals surface area contributed by atoms with Crippen LogP contribution in [0.3, 0.4) is 0 Å². The molecule has 0 saturated heterocycles. The van der Waals surface area contributed by atoms with Gasteiger partial charge in [-0.1, -0.05) is 35.9 Å². The van der Waals surface area contributed by atoms with Crippen LogP contribution in [0.25, 0.3) is 22.2 Å². The molecule has 0 atom stereocenters. The van der Waals surface area contributed by atoms with E-state index < -0.39 is 0 Å². The maximum absolute atomic E-state index is 12.7. The van der Waals surface area contributed by atoms with Gasteiger partial charge in [0.25, 0.3) is 5.56 Å². The molecule has 0 aliphatic heterocycles. The molecule has 1 aliphatic carbocycles. The van der Waals surface area contributed by atoms with Crippen LogP contribution in [0.5, 0.6) is 0 Å². The fourth-order valence-electron chi connectivity index (χ4n) is 3.98. The second kappa shape index (κ2) is 8.14. The van der Waals surface area contributed by atoms with Crippen LogP contribution in [-0.4, -0.2) is 16.1 Å². The lowest BCUT2D eigenvalue weighted by molar-refractivity contribution is 0.811. The third-order valence-electron chi connectivity index (χ3n) is 5.95.